The van der Waals surface area contributed by atoms with E-state index in [1.807, 2.05) is 0 Å². The van der Waals surface area contributed by atoms with Crippen LogP contribution in [0.2, 0.25) is 0 Å². The van der Waals surface area contributed by atoms with Crippen molar-refractivity contribution in [2.75, 3.05) is 52.9 Å². The van der Waals surface area contributed by atoms with Crippen LogP contribution in [-0.2, 0) is 19.1 Å². The highest BCUT2D eigenvalue weighted by Gasteiger charge is 2.21. The Labute approximate surface area is 382 Å². The van der Waals surface area contributed by atoms with E-state index in [0.29, 0.717) is 87.0 Å². The molecule has 0 aliphatic rings. The highest BCUT2D eigenvalue weighted by molar-refractivity contribution is 6.26. The quantitative estimate of drug-likeness (QED) is 0.0190. The smallest absolute Gasteiger partial charge is 0.330 e. The Hall–Kier alpha value is -5.12. The van der Waals surface area contributed by atoms with Gasteiger partial charge < -0.3 is 37.9 Å². The van der Waals surface area contributed by atoms with E-state index in [1.54, 1.807) is 0 Å². The molecule has 4 rings (SSSR count). The van der Waals surface area contributed by atoms with Crippen molar-refractivity contribution in [3.8, 4) is 34.5 Å². The maximum absolute atomic E-state index is 11.7. The summed E-state index contributed by atoms with van der Waals surface area (Å²) >= 11 is 0. The molecule has 0 saturated heterocycles. The molecule has 0 fully saturated rings. The number of esters is 2. The zero-order valence-corrected chi connectivity index (χ0v) is 39.5. The molecule has 0 aliphatic heterocycles. The van der Waals surface area contributed by atoms with Crippen molar-refractivity contribution < 1.29 is 47.5 Å². The van der Waals surface area contributed by atoms with E-state index in [-0.39, 0.29) is 13.2 Å². The maximum Gasteiger partial charge on any atom is 0.330 e. The molecular weight excluding hydrogens is 809 g/mol. The number of hydrogen-bond donors (Lipinski definition) is 0. The summed E-state index contributed by atoms with van der Waals surface area (Å²) in [5, 5.41) is 5.81. The Morgan fingerprint density at radius 3 is 0.766 bits per heavy atom. The minimum Gasteiger partial charge on any atom is -0.490 e. The second-order valence-electron chi connectivity index (χ2n) is 16.3. The first-order chi connectivity index (χ1) is 31.4. The SMILES string of the molecule is C=CC(=O)OCCCOc1cc2c3cc(OCCCCCC)c(OCCCCCC)cc3c3cc(OCCCCCC)c(OCCCOC(=O)C=C)cc3c2cc1OCCCCCC. The van der Waals surface area contributed by atoms with Gasteiger partial charge in [-0.2, -0.15) is 0 Å². The minimum atomic E-state index is -0.461. The summed E-state index contributed by atoms with van der Waals surface area (Å²) in [6, 6.07) is 12.6. The molecule has 10 heteroatoms. The second-order valence-corrected chi connectivity index (χ2v) is 16.3. The lowest BCUT2D eigenvalue weighted by Crippen LogP contribution is -2.08. The third-order valence-electron chi connectivity index (χ3n) is 11.1. The third-order valence-corrected chi connectivity index (χ3v) is 11.1. The Balaban J connectivity index is 1.94. The van der Waals surface area contributed by atoms with Gasteiger partial charge in [-0.05, 0) is 94.4 Å². The fraction of sp³-hybridized carbons (Fsp3) is 0.556. The molecule has 10 nitrogen and oxygen atoms in total. The summed E-state index contributed by atoms with van der Waals surface area (Å²) in [5.41, 5.74) is 0. The standard InChI is InChI=1S/C54H76O10/c1-7-13-17-21-27-57-47-35-41-42(36-48(47)58-28-22-18-14-8-2)45-39-51(61-31-25-33-63-53(55)11-5)50(60-30-24-20-16-10-4)38-44(45)46-40-52(62-32-26-34-64-54(56)12-6)49(37-43(41)46)59-29-23-19-15-9-3/h11-12,35-40H,5-10,13-34H2,1-4H3. The van der Waals surface area contributed by atoms with Crippen molar-refractivity contribution in [1.82, 2.24) is 0 Å². The molecule has 0 atom stereocenters. The van der Waals surface area contributed by atoms with E-state index in [1.165, 1.54) is 12.8 Å². The van der Waals surface area contributed by atoms with Crippen LogP contribution < -0.4 is 28.4 Å². The predicted molar refractivity (Wildman–Crippen MR) is 260 cm³/mol. The molecule has 0 spiro atoms. The van der Waals surface area contributed by atoms with E-state index in [2.05, 4.69) is 77.3 Å². The van der Waals surface area contributed by atoms with Crippen LogP contribution in [0.15, 0.2) is 61.7 Å². The van der Waals surface area contributed by atoms with Gasteiger partial charge in [0.2, 0.25) is 0 Å². The number of carbonyl (C=O) groups excluding carboxylic acids is 2. The number of carbonyl (C=O) groups is 2. The Kier molecular flexibility index (Phi) is 24.2. The van der Waals surface area contributed by atoms with Crippen LogP contribution >= 0.6 is 0 Å². The highest BCUT2D eigenvalue weighted by atomic mass is 16.5. The average Bonchev–Trinajstić information content (AvgIpc) is 3.31. The molecule has 0 unspecified atom stereocenters. The number of ether oxygens (including phenoxy) is 8. The molecule has 0 saturated carbocycles. The number of rotatable bonds is 36. The third kappa shape index (κ3) is 16.8. The van der Waals surface area contributed by atoms with Gasteiger partial charge in [0.25, 0.3) is 0 Å². The van der Waals surface area contributed by atoms with E-state index < -0.39 is 11.9 Å². The summed E-state index contributed by atoms with van der Waals surface area (Å²) in [4.78, 5) is 23.5. The largest absolute Gasteiger partial charge is 0.490 e. The van der Waals surface area contributed by atoms with Gasteiger partial charge in [-0.15, -0.1) is 0 Å². The molecule has 0 radical (unpaired) electrons. The molecule has 0 heterocycles. The fourth-order valence-electron chi connectivity index (χ4n) is 7.48. The molecule has 0 amide bonds. The molecule has 0 aromatic heterocycles. The number of benzene rings is 4. The predicted octanol–water partition coefficient (Wildman–Crippen LogP) is 14.0. The fourth-order valence-corrected chi connectivity index (χ4v) is 7.48. The molecule has 4 aromatic carbocycles. The van der Waals surface area contributed by atoms with E-state index >= 15 is 0 Å². The van der Waals surface area contributed by atoms with Gasteiger partial charge in [0.15, 0.2) is 34.5 Å². The minimum absolute atomic E-state index is 0.210. The van der Waals surface area contributed by atoms with Gasteiger partial charge in [-0.1, -0.05) is 118 Å². The number of hydrogen-bond acceptors (Lipinski definition) is 10. The van der Waals surface area contributed by atoms with E-state index in [4.69, 9.17) is 37.9 Å². The lowest BCUT2D eigenvalue weighted by atomic mass is 9.93. The van der Waals surface area contributed by atoms with Crippen molar-refractivity contribution >= 4 is 44.3 Å². The molecule has 352 valence electrons. The zero-order chi connectivity index (χ0) is 45.8. The molecule has 64 heavy (non-hydrogen) atoms. The number of unbranched alkanes of at least 4 members (excludes halogenated alkanes) is 12. The first kappa shape index (κ1) is 51.5. The van der Waals surface area contributed by atoms with Crippen LogP contribution in [0.5, 0.6) is 34.5 Å². The second kappa shape index (κ2) is 30.1. The van der Waals surface area contributed by atoms with Crippen molar-refractivity contribution in [3.05, 3.63) is 61.7 Å². The summed E-state index contributed by atoms with van der Waals surface area (Å²) < 4.78 is 49.7. The average molecular weight is 885 g/mol. The van der Waals surface area contributed by atoms with E-state index in [0.717, 1.165) is 134 Å². The summed E-state index contributed by atoms with van der Waals surface area (Å²) in [6.45, 7) is 19.1. The normalized spacial score (nSPS) is 11.1. The topological polar surface area (TPSA) is 108 Å². The summed E-state index contributed by atoms with van der Waals surface area (Å²) in [6.07, 6.45) is 20.6. The van der Waals surface area contributed by atoms with Crippen LogP contribution in [0, 0.1) is 0 Å². The maximum atomic E-state index is 11.7. The monoisotopic (exact) mass is 885 g/mol. The highest BCUT2D eigenvalue weighted by Crippen LogP contribution is 2.47. The lowest BCUT2D eigenvalue weighted by molar-refractivity contribution is -0.138. The Morgan fingerprint density at radius 2 is 0.562 bits per heavy atom. The van der Waals surface area contributed by atoms with Crippen molar-refractivity contribution in [3.63, 3.8) is 0 Å². The summed E-state index contributed by atoms with van der Waals surface area (Å²) in [5.74, 6) is 3.01. The van der Waals surface area contributed by atoms with Crippen LogP contribution in [0.4, 0.5) is 0 Å². The van der Waals surface area contributed by atoms with Gasteiger partial charge in [-0.3, -0.25) is 0 Å². The van der Waals surface area contributed by atoms with Crippen LogP contribution in [-0.4, -0.2) is 64.8 Å². The Morgan fingerprint density at radius 1 is 0.344 bits per heavy atom. The van der Waals surface area contributed by atoms with Gasteiger partial charge in [0, 0.05) is 25.0 Å². The van der Waals surface area contributed by atoms with E-state index in [9.17, 15) is 9.59 Å². The first-order valence-electron chi connectivity index (χ1n) is 24.3. The lowest BCUT2D eigenvalue weighted by Gasteiger charge is -2.21. The molecule has 4 aromatic rings. The first-order valence-corrected chi connectivity index (χ1v) is 24.3. The van der Waals surface area contributed by atoms with Gasteiger partial charge in [-0.25, -0.2) is 9.59 Å². The number of fused-ring (bicyclic) bond motifs is 6. The van der Waals surface area contributed by atoms with Crippen molar-refractivity contribution in [2.45, 2.75) is 143 Å². The molecular formula is C54H76O10. The molecule has 0 aliphatic carbocycles. The van der Waals surface area contributed by atoms with Gasteiger partial charge >= 0.3 is 11.9 Å². The Bertz CT molecular complexity index is 1970. The van der Waals surface area contributed by atoms with Crippen molar-refractivity contribution in [1.29, 1.82) is 0 Å². The molecule has 0 N–H and O–H groups in total. The van der Waals surface area contributed by atoms with Crippen LogP contribution in [0.3, 0.4) is 0 Å². The van der Waals surface area contributed by atoms with Crippen LogP contribution in [0.25, 0.3) is 32.3 Å². The van der Waals surface area contributed by atoms with Gasteiger partial charge in [0.1, 0.15) is 0 Å². The van der Waals surface area contributed by atoms with Crippen molar-refractivity contribution in [2.24, 2.45) is 0 Å². The molecule has 0 bridgehead atoms. The zero-order valence-electron chi connectivity index (χ0n) is 39.5. The van der Waals surface area contributed by atoms with Gasteiger partial charge in [0.05, 0.1) is 52.9 Å². The summed E-state index contributed by atoms with van der Waals surface area (Å²) in [7, 11) is 0. The van der Waals surface area contributed by atoms with Crippen LogP contribution in [0.1, 0.15) is 143 Å².